The monoisotopic (exact) mass is 244 g/mol. The maximum absolute atomic E-state index is 4.58. The highest BCUT2D eigenvalue weighted by Crippen LogP contribution is 2.26. The Morgan fingerprint density at radius 1 is 1.35 bits per heavy atom. The van der Waals surface area contributed by atoms with E-state index in [0.29, 0.717) is 0 Å². The molecule has 0 aliphatic heterocycles. The van der Waals surface area contributed by atoms with Crippen LogP contribution in [0, 0.1) is 6.92 Å². The molecule has 4 nitrogen and oxygen atoms in total. The summed E-state index contributed by atoms with van der Waals surface area (Å²) in [4.78, 5) is 8.96. The number of nitrogens with zero attached hydrogens (tertiary/aromatic N) is 3. The first-order valence-electron chi connectivity index (χ1n) is 5.56. The molecular weight excluding hydrogens is 232 g/mol. The lowest BCUT2D eigenvalue weighted by atomic mass is 10.2. The van der Waals surface area contributed by atoms with Crippen molar-refractivity contribution in [2.45, 2.75) is 20.3 Å². The van der Waals surface area contributed by atoms with Gasteiger partial charge >= 0.3 is 0 Å². The van der Waals surface area contributed by atoms with Crippen LogP contribution in [0.3, 0.4) is 0 Å². The molecule has 0 radical (unpaired) electrons. The zero-order valence-corrected chi connectivity index (χ0v) is 10.5. The summed E-state index contributed by atoms with van der Waals surface area (Å²) in [5.74, 6) is 0.873. The van der Waals surface area contributed by atoms with Crippen LogP contribution in [0.2, 0.25) is 0 Å². The van der Waals surface area contributed by atoms with Crippen LogP contribution in [0.4, 0.5) is 0 Å². The van der Waals surface area contributed by atoms with Crippen LogP contribution in [0.15, 0.2) is 18.2 Å². The first-order valence-corrected chi connectivity index (χ1v) is 6.33. The van der Waals surface area contributed by atoms with Crippen LogP contribution in [-0.2, 0) is 6.42 Å². The number of aromatic nitrogens is 4. The first-order chi connectivity index (χ1) is 8.28. The summed E-state index contributed by atoms with van der Waals surface area (Å²) in [5.41, 5.74) is 4.29. The van der Waals surface area contributed by atoms with E-state index in [1.807, 2.05) is 6.07 Å². The molecule has 2 aromatic heterocycles. The van der Waals surface area contributed by atoms with E-state index in [0.717, 1.165) is 33.8 Å². The fraction of sp³-hybridized carbons (Fsp3) is 0.250. The third kappa shape index (κ3) is 1.72. The van der Waals surface area contributed by atoms with Crippen LogP contribution in [0.1, 0.15) is 18.2 Å². The van der Waals surface area contributed by atoms with E-state index >= 15 is 0 Å². The second kappa shape index (κ2) is 3.92. The number of H-pyrrole nitrogens is 1. The number of hydrogen-bond acceptors (Lipinski definition) is 4. The van der Waals surface area contributed by atoms with Crippen molar-refractivity contribution in [2.75, 3.05) is 0 Å². The second-order valence-corrected chi connectivity index (χ2v) is 4.76. The summed E-state index contributed by atoms with van der Waals surface area (Å²) in [5, 5.41) is 4.11. The molecule has 0 unspecified atom stereocenters. The summed E-state index contributed by atoms with van der Waals surface area (Å²) < 4.78 is 3.99. The number of aryl methyl sites for hydroxylation is 2. The Hall–Kier alpha value is -1.75. The van der Waals surface area contributed by atoms with Gasteiger partial charge in [-0.05, 0) is 42.6 Å². The van der Waals surface area contributed by atoms with Gasteiger partial charge in [-0.3, -0.25) is 0 Å². The predicted octanol–water partition coefficient (Wildman–Crippen LogP) is 2.95. The van der Waals surface area contributed by atoms with E-state index in [9.17, 15) is 0 Å². The molecular formula is C12H12N4S. The summed E-state index contributed by atoms with van der Waals surface area (Å²) in [6, 6.07) is 6.20. The molecule has 0 fully saturated rings. The fourth-order valence-corrected chi connectivity index (χ4v) is 2.55. The van der Waals surface area contributed by atoms with Crippen LogP contribution in [-0.4, -0.2) is 19.6 Å². The topological polar surface area (TPSA) is 54.5 Å². The van der Waals surface area contributed by atoms with Gasteiger partial charge in [0.25, 0.3) is 0 Å². The number of fused-ring (bicyclic) bond motifs is 1. The minimum atomic E-state index is 0.873. The predicted molar refractivity (Wildman–Crippen MR) is 69.1 cm³/mol. The molecule has 0 aliphatic carbocycles. The van der Waals surface area contributed by atoms with Crippen molar-refractivity contribution in [1.82, 2.24) is 19.6 Å². The fourth-order valence-electron chi connectivity index (χ4n) is 1.85. The van der Waals surface area contributed by atoms with Gasteiger partial charge in [0.2, 0.25) is 0 Å². The van der Waals surface area contributed by atoms with Gasteiger partial charge in [0.15, 0.2) is 5.82 Å². The van der Waals surface area contributed by atoms with Gasteiger partial charge < -0.3 is 4.98 Å². The van der Waals surface area contributed by atoms with E-state index in [4.69, 9.17) is 0 Å². The smallest absolute Gasteiger partial charge is 0.152 e. The maximum Gasteiger partial charge on any atom is 0.152 e. The normalized spacial score (nSPS) is 11.2. The zero-order chi connectivity index (χ0) is 11.8. The molecule has 2 heterocycles. The molecule has 0 saturated carbocycles. The van der Waals surface area contributed by atoms with Crippen molar-refractivity contribution in [3.05, 3.63) is 29.5 Å². The minimum Gasteiger partial charge on any atom is -0.337 e. The van der Waals surface area contributed by atoms with Gasteiger partial charge in [-0.1, -0.05) is 17.5 Å². The quantitative estimate of drug-likeness (QED) is 0.754. The van der Waals surface area contributed by atoms with E-state index in [-0.39, 0.29) is 0 Å². The third-order valence-electron chi connectivity index (χ3n) is 2.74. The molecule has 86 valence electrons. The number of rotatable bonds is 2. The van der Waals surface area contributed by atoms with Gasteiger partial charge in [-0.15, -0.1) is 5.10 Å². The van der Waals surface area contributed by atoms with Crippen molar-refractivity contribution in [3.63, 3.8) is 0 Å². The van der Waals surface area contributed by atoms with Crippen molar-refractivity contribution in [2.24, 2.45) is 0 Å². The van der Waals surface area contributed by atoms with Gasteiger partial charge in [0.05, 0.1) is 16.7 Å². The lowest BCUT2D eigenvalue weighted by Gasteiger charge is -1.92. The third-order valence-corrected chi connectivity index (χ3v) is 3.52. The molecule has 0 saturated heterocycles. The highest BCUT2D eigenvalue weighted by molar-refractivity contribution is 7.09. The van der Waals surface area contributed by atoms with Gasteiger partial charge in [-0.2, -0.15) is 0 Å². The van der Waals surface area contributed by atoms with Crippen LogP contribution >= 0.6 is 11.5 Å². The minimum absolute atomic E-state index is 0.873. The van der Waals surface area contributed by atoms with Gasteiger partial charge in [0, 0.05) is 0 Å². The number of imidazole rings is 1. The number of nitrogens with one attached hydrogen (secondary N) is 1. The Labute approximate surface area is 103 Å². The SMILES string of the molecule is CCc1nnsc1-c1nc2ccc(C)cc2[nH]1. The Morgan fingerprint density at radius 3 is 3.06 bits per heavy atom. The van der Waals surface area contributed by atoms with Crippen molar-refractivity contribution < 1.29 is 0 Å². The molecule has 3 rings (SSSR count). The van der Waals surface area contributed by atoms with Gasteiger partial charge in [0.1, 0.15) is 4.88 Å². The van der Waals surface area contributed by atoms with Crippen LogP contribution in [0.5, 0.6) is 0 Å². The molecule has 3 aromatic rings. The van der Waals surface area contributed by atoms with E-state index in [1.54, 1.807) is 0 Å². The molecule has 17 heavy (non-hydrogen) atoms. The molecule has 5 heteroatoms. The van der Waals surface area contributed by atoms with Crippen molar-refractivity contribution in [3.8, 4) is 10.7 Å². The summed E-state index contributed by atoms with van der Waals surface area (Å²) in [6.07, 6.45) is 0.877. The van der Waals surface area contributed by atoms with E-state index < -0.39 is 0 Å². The molecule has 0 aliphatic rings. The summed E-state index contributed by atoms with van der Waals surface area (Å²) >= 11 is 1.39. The molecule has 1 N–H and O–H groups in total. The Balaban J connectivity index is 2.18. The van der Waals surface area contributed by atoms with E-state index in [2.05, 4.69) is 45.5 Å². The first kappa shape index (κ1) is 10.4. The standard InChI is InChI=1S/C12H12N4S/c1-3-8-11(17-16-15-8)12-13-9-5-4-7(2)6-10(9)14-12/h4-6H,3H2,1-2H3,(H,13,14). The average Bonchev–Trinajstić information content (AvgIpc) is 2.93. The maximum atomic E-state index is 4.58. The number of benzene rings is 1. The highest BCUT2D eigenvalue weighted by Gasteiger charge is 2.12. The Bertz CT molecular complexity index is 668. The second-order valence-electron chi connectivity index (χ2n) is 4.01. The Kier molecular flexibility index (Phi) is 2.40. The summed E-state index contributed by atoms with van der Waals surface area (Å²) in [6.45, 7) is 4.15. The molecule has 0 atom stereocenters. The van der Waals surface area contributed by atoms with Crippen molar-refractivity contribution >= 4 is 22.6 Å². The number of hydrogen-bond donors (Lipinski definition) is 1. The van der Waals surface area contributed by atoms with Crippen LogP contribution in [0.25, 0.3) is 21.7 Å². The number of aromatic amines is 1. The molecule has 1 aromatic carbocycles. The Morgan fingerprint density at radius 2 is 2.24 bits per heavy atom. The molecule has 0 bridgehead atoms. The van der Waals surface area contributed by atoms with Gasteiger partial charge in [-0.25, -0.2) is 4.98 Å². The lowest BCUT2D eigenvalue weighted by molar-refractivity contribution is 0.990. The largest absolute Gasteiger partial charge is 0.337 e. The molecule has 0 amide bonds. The average molecular weight is 244 g/mol. The highest BCUT2D eigenvalue weighted by atomic mass is 32.1. The molecule has 0 spiro atoms. The zero-order valence-electron chi connectivity index (χ0n) is 9.69. The van der Waals surface area contributed by atoms with Crippen LogP contribution < -0.4 is 0 Å². The lowest BCUT2D eigenvalue weighted by Crippen LogP contribution is -1.85. The van der Waals surface area contributed by atoms with E-state index in [1.165, 1.54) is 17.1 Å². The van der Waals surface area contributed by atoms with Crippen molar-refractivity contribution in [1.29, 1.82) is 0 Å². The summed E-state index contributed by atoms with van der Waals surface area (Å²) in [7, 11) is 0.